The second kappa shape index (κ2) is 12.5. The monoisotopic (exact) mass is 452 g/mol. The van der Waals surface area contributed by atoms with E-state index in [1.54, 1.807) is 7.05 Å². The minimum absolute atomic E-state index is 0. The van der Waals surface area contributed by atoms with Crippen molar-refractivity contribution in [3.05, 3.63) is 17.5 Å². The van der Waals surface area contributed by atoms with E-state index in [1.165, 1.54) is 0 Å². The van der Waals surface area contributed by atoms with Gasteiger partial charge in [0, 0.05) is 32.9 Å². The van der Waals surface area contributed by atoms with Crippen LogP contribution in [0.2, 0.25) is 0 Å². The van der Waals surface area contributed by atoms with Crippen molar-refractivity contribution in [3.63, 3.8) is 0 Å². The lowest BCUT2D eigenvalue weighted by molar-refractivity contribution is 0.0168. The fourth-order valence-corrected chi connectivity index (χ4v) is 2.37. The molecule has 0 radical (unpaired) electrons. The number of ether oxygens (including phenoxy) is 2. The molecule has 1 aromatic heterocycles. The molecule has 0 aliphatic carbocycles. The Labute approximate surface area is 161 Å². The van der Waals surface area contributed by atoms with Crippen molar-refractivity contribution in [2.45, 2.75) is 45.3 Å². The van der Waals surface area contributed by atoms with Gasteiger partial charge in [0.15, 0.2) is 11.7 Å². The fourth-order valence-electron chi connectivity index (χ4n) is 2.37. The predicted molar refractivity (Wildman–Crippen MR) is 104 cm³/mol. The van der Waals surface area contributed by atoms with E-state index in [2.05, 4.69) is 27.7 Å². The molecule has 1 fully saturated rings. The molecule has 0 saturated carbocycles. The molecule has 2 heterocycles. The van der Waals surface area contributed by atoms with Crippen molar-refractivity contribution >= 4 is 29.9 Å². The van der Waals surface area contributed by atoms with Crippen LogP contribution >= 0.6 is 24.0 Å². The van der Waals surface area contributed by atoms with Gasteiger partial charge in [-0.2, -0.15) is 0 Å². The van der Waals surface area contributed by atoms with Gasteiger partial charge >= 0.3 is 0 Å². The lowest BCUT2D eigenvalue weighted by Gasteiger charge is -2.12. The fraction of sp³-hybridized carbons (Fsp3) is 0.750. The second-order valence-corrected chi connectivity index (χ2v) is 5.55. The molecule has 1 unspecified atom stereocenters. The SMILES string of the molecule is CCc1cc(CNC(=NC)NCCCOCC2CCCO2)on1.I. The van der Waals surface area contributed by atoms with Gasteiger partial charge in [0.05, 0.1) is 24.9 Å². The first-order valence-electron chi connectivity index (χ1n) is 8.40. The lowest BCUT2D eigenvalue weighted by atomic mass is 10.2. The smallest absolute Gasteiger partial charge is 0.191 e. The van der Waals surface area contributed by atoms with Crippen LogP contribution in [-0.4, -0.2) is 50.6 Å². The van der Waals surface area contributed by atoms with Crippen LogP contribution in [0.25, 0.3) is 0 Å². The van der Waals surface area contributed by atoms with Crippen LogP contribution in [0.15, 0.2) is 15.6 Å². The van der Waals surface area contributed by atoms with E-state index >= 15 is 0 Å². The van der Waals surface area contributed by atoms with Gasteiger partial charge in [0.25, 0.3) is 0 Å². The summed E-state index contributed by atoms with van der Waals surface area (Å²) in [6.45, 7) is 5.74. The molecule has 24 heavy (non-hydrogen) atoms. The number of guanidine groups is 1. The maximum atomic E-state index is 5.63. The molecule has 1 atom stereocenters. The van der Waals surface area contributed by atoms with Gasteiger partial charge in [-0.1, -0.05) is 12.1 Å². The minimum atomic E-state index is 0. The molecule has 8 heteroatoms. The van der Waals surface area contributed by atoms with E-state index in [-0.39, 0.29) is 24.0 Å². The molecule has 2 N–H and O–H groups in total. The number of aromatic nitrogens is 1. The van der Waals surface area contributed by atoms with Crippen LogP contribution in [0.3, 0.4) is 0 Å². The van der Waals surface area contributed by atoms with Crippen LogP contribution < -0.4 is 10.6 Å². The molecule has 1 aliphatic heterocycles. The summed E-state index contributed by atoms with van der Waals surface area (Å²) >= 11 is 0. The van der Waals surface area contributed by atoms with E-state index in [1.807, 2.05) is 6.07 Å². The highest BCUT2D eigenvalue weighted by atomic mass is 127. The van der Waals surface area contributed by atoms with Crippen molar-refractivity contribution in [2.24, 2.45) is 4.99 Å². The number of hydrogen-bond donors (Lipinski definition) is 2. The number of rotatable bonds is 9. The first-order valence-corrected chi connectivity index (χ1v) is 8.40. The average Bonchev–Trinajstić information content (AvgIpc) is 3.25. The third-order valence-corrected chi connectivity index (χ3v) is 3.71. The van der Waals surface area contributed by atoms with Crippen LogP contribution in [0.5, 0.6) is 0 Å². The van der Waals surface area contributed by atoms with Gasteiger partial charge in [-0.25, -0.2) is 0 Å². The lowest BCUT2D eigenvalue weighted by Crippen LogP contribution is -2.37. The van der Waals surface area contributed by atoms with Crippen molar-refractivity contribution in [2.75, 3.05) is 33.4 Å². The Kier molecular flexibility index (Phi) is 11.0. The number of hydrogen-bond acceptors (Lipinski definition) is 5. The first-order chi connectivity index (χ1) is 11.3. The third-order valence-electron chi connectivity index (χ3n) is 3.71. The topological polar surface area (TPSA) is 80.9 Å². The van der Waals surface area contributed by atoms with E-state index in [0.29, 0.717) is 19.3 Å². The maximum Gasteiger partial charge on any atom is 0.191 e. The quantitative estimate of drug-likeness (QED) is 0.259. The summed E-state index contributed by atoms with van der Waals surface area (Å²) < 4.78 is 16.4. The molecule has 1 aliphatic rings. The van der Waals surface area contributed by atoms with Crippen LogP contribution in [0.1, 0.15) is 37.6 Å². The van der Waals surface area contributed by atoms with E-state index in [0.717, 1.165) is 62.9 Å². The first kappa shape index (κ1) is 21.2. The minimum Gasteiger partial charge on any atom is -0.379 e. The van der Waals surface area contributed by atoms with Crippen molar-refractivity contribution < 1.29 is 14.0 Å². The summed E-state index contributed by atoms with van der Waals surface area (Å²) in [5, 5.41) is 10.4. The summed E-state index contributed by atoms with van der Waals surface area (Å²) in [4.78, 5) is 4.18. The summed E-state index contributed by atoms with van der Waals surface area (Å²) in [6.07, 6.45) is 4.38. The Morgan fingerprint density at radius 3 is 3.00 bits per heavy atom. The Hall–Kier alpha value is -0.870. The summed E-state index contributed by atoms with van der Waals surface area (Å²) in [6, 6.07) is 1.96. The normalized spacial score (nSPS) is 17.6. The Balaban J connectivity index is 0.00000288. The molecule has 0 spiro atoms. The van der Waals surface area contributed by atoms with Crippen LogP contribution in [0.4, 0.5) is 0 Å². The number of aryl methyl sites for hydroxylation is 1. The zero-order chi connectivity index (χ0) is 16.3. The summed E-state index contributed by atoms with van der Waals surface area (Å²) in [7, 11) is 1.75. The molecule has 1 aromatic rings. The van der Waals surface area contributed by atoms with Crippen molar-refractivity contribution in [1.29, 1.82) is 0 Å². The van der Waals surface area contributed by atoms with Gasteiger partial charge < -0.3 is 24.6 Å². The number of nitrogens with zero attached hydrogens (tertiary/aromatic N) is 2. The molecule has 138 valence electrons. The highest BCUT2D eigenvalue weighted by Gasteiger charge is 2.14. The van der Waals surface area contributed by atoms with Gasteiger partial charge in [-0.05, 0) is 25.7 Å². The molecule has 0 aromatic carbocycles. The van der Waals surface area contributed by atoms with E-state index < -0.39 is 0 Å². The standard InChI is InChI=1S/C16H28N4O3.HI/c1-3-13-10-15(23-20-13)11-19-16(17-2)18-7-5-8-21-12-14-6-4-9-22-14;/h10,14H,3-9,11-12H2,1-2H3,(H2,17,18,19);1H. The Bertz CT molecular complexity index is 476. The van der Waals surface area contributed by atoms with Crippen LogP contribution in [-0.2, 0) is 22.4 Å². The Morgan fingerprint density at radius 2 is 2.33 bits per heavy atom. The summed E-state index contributed by atoms with van der Waals surface area (Å²) in [5.74, 6) is 1.56. The number of nitrogens with one attached hydrogen (secondary N) is 2. The van der Waals surface area contributed by atoms with E-state index in [9.17, 15) is 0 Å². The molecule has 1 saturated heterocycles. The molecule has 0 amide bonds. The Morgan fingerprint density at radius 1 is 1.46 bits per heavy atom. The van der Waals surface area contributed by atoms with Gasteiger partial charge in [0.2, 0.25) is 0 Å². The van der Waals surface area contributed by atoms with Gasteiger partial charge in [0.1, 0.15) is 0 Å². The van der Waals surface area contributed by atoms with Gasteiger partial charge in [-0.15, -0.1) is 24.0 Å². The predicted octanol–water partition coefficient (Wildman–Crippen LogP) is 2.11. The van der Waals surface area contributed by atoms with Crippen molar-refractivity contribution in [3.8, 4) is 0 Å². The maximum absolute atomic E-state index is 5.63. The molecular weight excluding hydrogens is 423 g/mol. The highest BCUT2D eigenvalue weighted by molar-refractivity contribution is 14.0. The molecule has 2 rings (SSSR count). The molecular formula is C16H29IN4O3. The van der Waals surface area contributed by atoms with E-state index in [4.69, 9.17) is 14.0 Å². The number of halogens is 1. The third kappa shape index (κ3) is 7.80. The number of aliphatic imine (C=N–C) groups is 1. The highest BCUT2D eigenvalue weighted by Crippen LogP contribution is 2.11. The molecule has 7 nitrogen and oxygen atoms in total. The zero-order valence-corrected chi connectivity index (χ0v) is 16.9. The van der Waals surface area contributed by atoms with Crippen molar-refractivity contribution in [1.82, 2.24) is 15.8 Å². The largest absolute Gasteiger partial charge is 0.379 e. The average molecular weight is 452 g/mol. The van der Waals surface area contributed by atoms with Gasteiger partial charge in [-0.3, -0.25) is 4.99 Å². The summed E-state index contributed by atoms with van der Waals surface area (Å²) in [5.41, 5.74) is 0.966. The molecule has 0 bridgehead atoms. The van der Waals surface area contributed by atoms with Crippen LogP contribution in [0, 0.1) is 0 Å². The second-order valence-electron chi connectivity index (χ2n) is 5.55. The zero-order valence-electron chi connectivity index (χ0n) is 14.5.